The van der Waals surface area contributed by atoms with Crippen LogP contribution in [0.25, 0.3) is 0 Å². The number of aromatic nitrogens is 2. The fraction of sp³-hybridized carbons (Fsp3) is 0.875. The molecule has 0 atom stereocenters. The van der Waals surface area contributed by atoms with Gasteiger partial charge in [-0.1, -0.05) is 194 Å². The van der Waals surface area contributed by atoms with Crippen molar-refractivity contribution in [2.75, 3.05) is 0 Å². The minimum atomic E-state index is -0.903. The third-order valence-electron chi connectivity index (χ3n) is 8.95. The van der Waals surface area contributed by atoms with Gasteiger partial charge in [-0.05, 0) is 30.6 Å². The van der Waals surface area contributed by atoms with Crippen molar-refractivity contribution in [2.24, 2.45) is 7.05 Å². The van der Waals surface area contributed by atoms with E-state index >= 15 is 0 Å². The first-order valence-corrected chi connectivity index (χ1v) is 20.3. The summed E-state index contributed by atoms with van der Waals surface area (Å²) in [6, 6.07) is 0. The molecular formula is C40H75MgN3O6. The number of imidazole rings is 1. The first-order chi connectivity index (χ1) is 23.8. The van der Waals surface area contributed by atoms with Gasteiger partial charge in [0, 0.05) is 11.9 Å². The van der Waals surface area contributed by atoms with Gasteiger partial charge in [-0.25, -0.2) is 9.55 Å². The summed E-state index contributed by atoms with van der Waals surface area (Å²) in [5.41, 5.74) is 0. The predicted molar refractivity (Wildman–Crippen MR) is 205 cm³/mol. The van der Waals surface area contributed by atoms with Gasteiger partial charge in [0.2, 0.25) is 0 Å². The number of aryl methyl sites for hydroxylation is 1. The summed E-state index contributed by atoms with van der Waals surface area (Å²) in [6.07, 6.45) is 42.3. The molecular weight excluding hydrogens is 643 g/mol. The number of rotatable bonds is 33. The van der Waals surface area contributed by atoms with E-state index in [4.69, 9.17) is 0 Å². The monoisotopic (exact) mass is 718 g/mol. The quantitative estimate of drug-likeness (QED) is 0.0305. The van der Waals surface area contributed by atoms with Gasteiger partial charge in [0.05, 0.1) is 7.05 Å². The molecule has 0 unspecified atom stereocenters. The van der Waals surface area contributed by atoms with Crippen LogP contribution in [0.2, 0.25) is 0 Å². The summed E-state index contributed by atoms with van der Waals surface area (Å²) in [5.74, 6) is -1.80. The number of nitro groups is 1. The van der Waals surface area contributed by atoms with Gasteiger partial charge in [0.1, 0.15) is 6.20 Å². The molecule has 0 spiro atoms. The van der Waals surface area contributed by atoms with E-state index in [2.05, 4.69) is 18.8 Å². The number of aliphatic carboxylic acids is 2. The third kappa shape index (κ3) is 44.3. The van der Waals surface area contributed by atoms with Gasteiger partial charge in [-0.2, -0.15) is 0 Å². The van der Waals surface area contributed by atoms with E-state index in [1.807, 2.05) is 0 Å². The van der Waals surface area contributed by atoms with E-state index in [-0.39, 0.29) is 41.7 Å². The van der Waals surface area contributed by atoms with Crippen LogP contribution in [0, 0.1) is 10.1 Å². The maximum Gasteiger partial charge on any atom is 2.00 e. The minimum Gasteiger partial charge on any atom is -0.550 e. The second-order valence-corrected chi connectivity index (χ2v) is 13.8. The predicted octanol–water partition coefficient (Wildman–Crippen LogP) is 9.94. The number of hydrogen-bond acceptors (Lipinski definition) is 7. The Morgan fingerprint density at radius 3 is 0.940 bits per heavy atom. The summed E-state index contributed by atoms with van der Waals surface area (Å²) in [7, 11) is 1.57. The third-order valence-corrected chi connectivity index (χ3v) is 8.95. The topological polar surface area (TPSA) is 141 Å². The number of carbonyl (C=O) groups excluding carboxylic acids is 2. The van der Waals surface area contributed by atoms with Crippen molar-refractivity contribution in [3.8, 4) is 0 Å². The summed E-state index contributed by atoms with van der Waals surface area (Å²) in [5, 5.41) is 30.5. The Morgan fingerprint density at radius 2 is 0.780 bits per heavy atom. The SMILES string of the molecule is CCCCCCCCCCCCCCCCCC(=O)[O-].CCCCCCCCCCCCCCCCCC(=O)[O-].Cn1cncc1[N+](=O)[O-].[Mg+2]. The molecule has 0 aliphatic heterocycles. The van der Waals surface area contributed by atoms with Crippen molar-refractivity contribution in [1.29, 1.82) is 0 Å². The molecule has 9 nitrogen and oxygen atoms in total. The van der Waals surface area contributed by atoms with E-state index in [1.165, 1.54) is 184 Å². The van der Waals surface area contributed by atoms with Crippen LogP contribution in [-0.4, -0.2) is 49.5 Å². The van der Waals surface area contributed by atoms with Crippen molar-refractivity contribution in [1.82, 2.24) is 9.55 Å². The number of unbranched alkanes of at least 4 members (excludes halogenated alkanes) is 28. The second-order valence-electron chi connectivity index (χ2n) is 13.8. The minimum absolute atomic E-state index is 0. The molecule has 0 aromatic carbocycles. The average Bonchev–Trinajstić information content (AvgIpc) is 3.51. The Hall–Kier alpha value is -1.68. The zero-order valence-corrected chi connectivity index (χ0v) is 34.2. The Morgan fingerprint density at radius 1 is 0.540 bits per heavy atom. The Balaban J connectivity index is -0.000000699. The van der Waals surface area contributed by atoms with Crippen molar-refractivity contribution < 1.29 is 24.7 Å². The fourth-order valence-electron chi connectivity index (χ4n) is 5.81. The van der Waals surface area contributed by atoms with E-state index < -0.39 is 16.9 Å². The Kier molecular flexibility index (Phi) is 45.8. The summed E-state index contributed by atoms with van der Waals surface area (Å²) in [4.78, 5) is 33.6. The summed E-state index contributed by atoms with van der Waals surface area (Å²) < 4.78 is 1.35. The number of carbonyl (C=O) groups is 2. The molecule has 288 valence electrons. The number of carboxylic acids is 2. The average molecular weight is 718 g/mol. The van der Waals surface area contributed by atoms with Gasteiger partial charge in [0.15, 0.2) is 6.33 Å². The zero-order valence-electron chi connectivity index (χ0n) is 32.8. The molecule has 1 heterocycles. The van der Waals surface area contributed by atoms with E-state index in [0.717, 1.165) is 25.7 Å². The molecule has 0 aliphatic rings. The summed E-state index contributed by atoms with van der Waals surface area (Å²) >= 11 is 0. The van der Waals surface area contributed by atoms with Gasteiger partial charge >= 0.3 is 28.9 Å². The van der Waals surface area contributed by atoms with E-state index in [1.54, 1.807) is 7.05 Å². The van der Waals surface area contributed by atoms with Crippen molar-refractivity contribution in [3.05, 3.63) is 22.6 Å². The Bertz CT molecular complexity index is 824. The molecule has 0 bridgehead atoms. The molecule has 0 radical (unpaired) electrons. The molecule has 10 heteroatoms. The van der Waals surface area contributed by atoms with Crippen LogP contribution in [0.1, 0.15) is 219 Å². The number of carboxylic acid groups (broad SMARTS) is 2. The van der Waals surface area contributed by atoms with E-state index in [9.17, 15) is 29.9 Å². The summed E-state index contributed by atoms with van der Waals surface area (Å²) in [6.45, 7) is 4.53. The maximum atomic E-state index is 10.2. The molecule has 0 fully saturated rings. The molecule has 1 rings (SSSR count). The molecule has 1 aromatic heterocycles. The van der Waals surface area contributed by atoms with Crippen LogP contribution in [0.3, 0.4) is 0 Å². The normalized spacial score (nSPS) is 10.4. The van der Waals surface area contributed by atoms with Crippen LogP contribution in [-0.2, 0) is 16.6 Å². The van der Waals surface area contributed by atoms with Crippen molar-refractivity contribution >= 4 is 40.8 Å². The van der Waals surface area contributed by atoms with Crippen LogP contribution in [0.5, 0.6) is 0 Å². The first kappa shape index (κ1) is 52.7. The smallest absolute Gasteiger partial charge is 0.550 e. The van der Waals surface area contributed by atoms with Crippen molar-refractivity contribution in [3.63, 3.8) is 0 Å². The van der Waals surface area contributed by atoms with Gasteiger partial charge in [-0.3, -0.25) is 0 Å². The standard InChI is InChI=1S/2C18H36O2.C4H5N3O2.Mg/c2*1-2-3-4-5-6-7-8-9-10-11-12-13-14-15-16-17-18(19)20;1-6-3-5-2-4(6)7(8)9;/h2*2-17H2,1H3,(H,19,20);2-3H,1H3;/q;;;+2/p-2. The molecule has 0 saturated heterocycles. The number of hydrogen-bond donors (Lipinski definition) is 0. The van der Waals surface area contributed by atoms with E-state index in [0.29, 0.717) is 0 Å². The number of nitrogens with zero attached hydrogens (tertiary/aromatic N) is 3. The van der Waals surface area contributed by atoms with Gasteiger partial charge < -0.3 is 29.9 Å². The van der Waals surface area contributed by atoms with Crippen LogP contribution in [0.4, 0.5) is 5.82 Å². The molecule has 0 aliphatic carbocycles. The van der Waals surface area contributed by atoms with Crippen molar-refractivity contribution in [2.45, 2.75) is 219 Å². The molecule has 1 aromatic rings. The second kappa shape index (κ2) is 43.5. The largest absolute Gasteiger partial charge is 2.00 e. The van der Waals surface area contributed by atoms with Gasteiger partial charge in [0.25, 0.3) is 0 Å². The molecule has 50 heavy (non-hydrogen) atoms. The zero-order chi connectivity index (χ0) is 36.6. The Labute approximate surface area is 322 Å². The first-order valence-electron chi connectivity index (χ1n) is 20.3. The van der Waals surface area contributed by atoms with Crippen LogP contribution >= 0.6 is 0 Å². The van der Waals surface area contributed by atoms with Crippen LogP contribution in [0.15, 0.2) is 12.5 Å². The van der Waals surface area contributed by atoms with Gasteiger partial charge in [-0.15, -0.1) is 0 Å². The maximum absolute atomic E-state index is 10.2. The molecule has 0 saturated carbocycles. The molecule has 0 amide bonds. The molecule has 0 N–H and O–H groups in total. The van der Waals surface area contributed by atoms with Crippen LogP contribution < -0.4 is 10.2 Å². The fourth-order valence-corrected chi connectivity index (χ4v) is 5.81.